The van der Waals surface area contributed by atoms with E-state index in [9.17, 15) is 0 Å². The summed E-state index contributed by atoms with van der Waals surface area (Å²) in [6.07, 6.45) is 5.53. The lowest BCUT2D eigenvalue weighted by Crippen LogP contribution is -2.45. The van der Waals surface area contributed by atoms with E-state index in [1.807, 2.05) is 7.05 Å². The molecular weight excluding hydrogens is 300 g/mol. The lowest BCUT2D eigenvalue weighted by atomic mass is 9.88. The molecule has 0 spiro atoms. The second-order valence-electron chi connectivity index (χ2n) is 6.57. The molecule has 0 bridgehead atoms. The molecule has 2 heterocycles. The number of guanidine groups is 1. The number of hydrogen-bond donors (Lipinski definition) is 2. The molecule has 24 heavy (non-hydrogen) atoms. The van der Waals surface area contributed by atoms with Crippen molar-refractivity contribution in [2.45, 2.75) is 51.2 Å². The molecule has 6 heteroatoms. The Morgan fingerprint density at radius 1 is 1.25 bits per heavy atom. The SMILES string of the molecule is CN=C(NCc1nnc2n1CCC2)NC1CCc2ccccc2C1. The highest BCUT2D eigenvalue weighted by atomic mass is 15.3. The van der Waals surface area contributed by atoms with E-state index in [0.29, 0.717) is 12.6 Å². The molecule has 0 fully saturated rings. The van der Waals surface area contributed by atoms with Gasteiger partial charge in [0.15, 0.2) is 11.8 Å². The van der Waals surface area contributed by atoms with Crippen LogP contribution < -0.4 is 10.6 Å². The lowest BCUT2D eigenvalue weighted by molar-refractivity contribution is 0.519. The summed E-state index contributed by atoms with van der Waals surface area (Å²) in [4.78, 5) is 4.37. The van der Waals surface area contributed by atoms with E-state index in [1.165, 1.54) is 17.5 Å². The van der Waals surface area contributed by atoms with E-state index in [2.05, 4.69) is 54.7 Å². The Balaban J connectivity index is 1.35. The standard InChI is InChI=1S/C18H24N6/c1-19-18(20-12-17-23-22-16-7-4-10-24(16)17)21-15-9-8-13-5-2-3-6-14(13)11-15/h2-3,5-6,15H,4,7-12H2,1H3,(H2,19,20,21). The highest BCUT2D eigenvalue weighted by Gasteiger charge is 2.20. The van der Waals surface area contributed by atoms with Crippen LogP contribution in [0.2, 0.25) is 0 Å². The predicted molar refractivity (Wildman–Crippen MR) is 93.9 cm³/mol. The Morgan fingerprint density at radius 2 is 2.12 bits per heavy atom. The maximum absolute atomic E-state index is 4.37. The van der Waals surface area contributed by atoms with Crippen LogP contribution in [0.3, 0.4) is 0 Å². The first-order chi connectivity index (χ1) is 11.8. The monoisotopic (exact) mass is 324 g/mol. The lowest BCUT2D eigenvalue weighted by Gasteiger charge is -2.27. The van der Waals surface area contributed by atoms with E-state index in [4.69, 9.17) is 0 Å². The highest BCUT2D eigenvalue weighted by Crippen LogP contribution is 2.21. The Bertz CT molecular complexity index is 748. The molecule has 0 amide bonds. The fourth-order valence-electron chi connectivity index (χ4n) is 3.71. The van der Waals surface area contributed by atoms with Crippen LogP contribution in [0, 0.1) is 0 Å². The topological polar surface area (TPSA) is 67.1 Å². The van der Waals surface area contributed by atoms with Crippen LogP contribution in [-0.4, -0.2) is 33.8 Å². The van der Waals surface area contributed by atoms with Crippen molar-refractivity contribution in [3.8, 4) is 0 Å². The number of nitrogens with zero attached hydrogens (tertiary/aromatic N) is 4. The zero-order valence-corrected chi connectivity index (χ0v) is 14.1. The van der Waals surface area contributed by atoms with E-state index in [0.717, 1.165) is 49.8 Å². The van der Waals surface area contributed by atoms with Gasteiger partial charge in [0.1, 0.15) is 5.82 Å². The van der Waals surface area contributed by atoms with Crippen molar-refractivity contribution in [1.82, 2.24) is 25.4 Å². The van der Waals surface area contributed by atoms with Gasteiger partial charge in [-0.25, -0.2) is 0 Å². The molecule has 1 aromatic carbocycles. The van der Waals surface area contributed by atoms with Gasteiger partial charge in [0.2, 0.25) is 0 Å². The molecule has 0 saturated heterocycles. The van der Waals surface area contributed by atoms with Crippen molar-refractivity contribution in [2.24, 2.45) is 4.99 Å². The summed E-state index contributed by atoms with van der Waals surface area (Å²) in [5, 5.41) is 15.5. The van der Waals surface area contributed by atoms with Crippen LogP contribution >= 0.6 is 0 Å². The number of aryl methyl sites for hydroxylation is 2. The molecule has 0 radical (unpaired) electrons. The average Bonchev–Trinajstić information content (AvgIpc) is 3.22. The van der Waals surface area contributed by atoms with Crippen molar-refractivity contribution in [1.29, 1.82) is 0 Å². The molecule has 1 aliphatic heterocycles. The van der Waals surface area contributed by atoms with Gasteiger partial charge in [-0.05, 0) is 36.8 Å². The quantitative estimate of drug-likeness (QED) is 0.662. The largest absolute Gasteiger partial charge is 0.353 e. The van der Waals surface area contributed by atoms with Crippen molar-refractivity contribution < 1.29 is 0 Å². The summed E-state index contributed by atoms with van der Waals surface area (Å²) in [5.74, 6) is 2.95. The van der Waals surface area contributed by atoms with Crippen LogP contribution in [0.5, 0.6) is 0 Å². The number of aliphatic imine (C=N–C) groups is 1. The number of aromatic nitrogens is 3. The minimum Gasteiger partial charge on any atom is -0.353 e. The molecule has 4 rings (SSSR count). The van der Waals surface area contributed by atoms with Crippen LogP contribution in [0.4, 0.5) is 0 Å². The minimum absolute atomic E-state index is 0.426. The Morgan fingerprint density at radius 3 is 3.00 bits per heavy atom. The van der Waals surface area contributed by atoms with E-state index in [1.54, 1.807) is 0 Å². The van der Waals surface area contributed by atoms with E-state index >= 15 is 0 Å². The van der Waals surface area contributed by atoms with Crippen LogP contribution in [0.1, 0.15) is 35.6 Å². The van der Waals surface area contributed by atoms with Crippen molar-refractivity contribution in [3.05, 3.63) is 47.0 Å². The molecule has 6 nitrogen and oxygen atoms in total. The summed E-state index contributed by atoms with van der Waals surface area (Å²) in [7, 11) is 1.82. The van der Waals surface area contributed by atoms with Gasteiger partial charge < -0.3 is 15.2 Å². The third-order valence-corrected chi connectivity index (χ3v) is 5.01. The summed E-state index contributed by atoms with van der Waals surface area (Å²) in [6, 6.07) is 9.16. The first-order valence-electron chi connectivity index (χ1n) is 8.78. The van der Waals surface area contributed by atoms with Gasteiger partial charge in [-0.3, -0.25) is 4.99 Å². The first-order valence-corrected chi connectivity index (χ1v) is 8.78. The smallest absolute Gasteiger partial charge is 0.191 e. The van der Waals surface area contributed by atoms with Crippen molar-refractivity contribution >= 4 is 5.96 Å². The summed E-state index contributed by atoms with van der Waals surface area (Å²) >= 11 is 0. The van der Waals surface area contributed by atoms with Gasteiger partial charge in [0, 0.05) is 26.1 Å². The van der Waals surface area contributed by atoms with Crippen LogP contribution in [0.25, 0.3) is 0 Å². The first kappa shape index (κ1) is 15.2. The molecule has 1 aliphatic carbocycles. The maximum atomic E-state index is 4.37. The number of hydrogen-bond acceptors (Lipinski definition) is 3. The van der Waals surface area contributed by atoms with E-state index in [-0.39, 0.29) is 0 Å². The van der Waals surface area contributed by atoms with Crippen LogP contribution in [-0.2, 0) is 32.4 Å². The Labute approximate surface area is 142 Å². The van der Waals surface area contributed by atoms with Crippen LogP contribution in [0.15, 0.2) is 29.3 Å². The fraction of sp³-hybridized carbons (Fsp3) is 0.500. The fourth-order valence-corrected chi connectivity index (χ4v) is 3.71. The van der Waals surface area contributed by atoms with Gasteiger partial charge in [0.05, 0.1) is 6.54 Å². The molecule has 2 aromatic rings. The molecule has 1 aromatic heterocycles. The summed E-state index contributed by atoms with van der Waals surface area (Å²) in [6.45, 7) is 1.70. The molecule has 1 unspecified atom stereocenters. The molecule has 2 aliphatic rings. The molecule has 2 N–H and O–H groups in total. The number of benzene rings is 1. The van der Waals surface area contributed by atoms with Gasteiger partial charge in [-0.2, -0.15) is 0 Å². The molecule has 1 atom stereocenters. The third-order valence-electron chi connectivity index (χ3n) is 5.01. The highest BCUT2D eigenvalue weighted by molar-refractivity contribution is 5.79. The predicted octanol–water partition coefficient (Wildman–Crippen LogP) is 1.45. The molecular formula is C18H24N6. The zero-order chi connectivity index (χ0) is 16.4. The summed E-state index contributed by atoms with van der Waals surface area (Å²) < 4.78 is 2.22. The molecule has 126 valence electrons. The number of nitrogens with one attached hydrogen (secondary N) is 2. The summed E-state index contributed by atoms with van der Waals surface area (Å²) in [5.41, 5.74) is 2.93. The average molecular weight is 324 g/mol. The Hall–Kier alpha value is -2.37. The third kappa shape index (κ3) is 3.00. The van der Waals surface area contributed by atoms with Gasteiger partial charge >= 0.3 is 0 Å². The Kier molecular flexibility index (Phi) is 4.19. The van der Waals surface area contributed by atoms with Gasteiger partial charge in [-0.1, -0.05) is 24.3 Å². The van der Waals surface area contributed by atoms with E-state index < -0.39 is 0 Å². The second kappa shape index (κ2) is 6.63. The normalized spacial score (nSPS) is 19.7. The van der Waals surface area contributed by atoms with Gasteiger partial charge in [0.25, 0.3) is 0 Å². The number of fused-ring (bicyclic) bond motifs is 2. The van der Waals surface area contributed by atoms with Gasteiger partial charge in [-0.15, -0.1) is 10.2 Å². The molecule has 0 saturated carbocycles. The van der Waals surface area contributed by atoms with Crippen molar-refractivity contribution in [2.75, 3.05) is 7.05 Å². The maximum Gasteiger partial charge on any atom is 0.191 e. The second-order valence-corrected chi connectivity index (χ2v) is 6.57. The zero-order valence-electron chi connectivity index (χ0n) is 14.1. The number of rotatable bonds is 3. The minimum atomic E-state index is 0.426. The van der Waals surface area contributed by atoms with Crippen molar-refractivity contribution in [3.63, 3.8) is 0 Å².